The number of hydrogen-bond acceptors (Lipinski definition) is 7. The number of aliphatic hydroxyl groups is 2. The minimum atomic E-state index is -3.96. The van der Waals surface area contributed by atoms with Gasteiger partial charge in [0, 0.05) is 17.7 Å². The molecule has 4 N–H and O–H groups in total. The Hall–Kier alpha value is -1.29. The van der Waals surface area contributed by atoms with Crippen LogP contribution in [-0.2, 0) is 13.8 Å². The van der Waals surface area contributed by atoms with Crippen LogP contribution in [-0.4, -0.2) is 54.2 Å². The first kappa shape index (κ1) is 26.0. The molecule has 2 rings (SSSR count). The van der Waals surface area contributed by atoms with Crippen molar-refractivity contribution in [1.82, 2.24) is 9.55 Å². The van der Waals surface area contributed by atoms with E-state index < -0.39 is 60.6 Å². The first-order valence-corrected chi connectivity index (χ1v) is 12.3. The molecule has 0 amide bonds. The molecule has 7 unspecified atom stereocenters. The largest absolute Gasteiger partial charge is 0.388 e. The summed E-state index contributed by atoms with van der Waals surface area (Å²) >= 11 is 0. The average molecular weight is 462 g/mol. The number of nitrogens with one attached hydrogen (secondary N) is 1. The van der Waals surface area contributed by atoms with Crippen LogP contribution in [0.4, 0.5) is 0 Å². The van der Waals surface area contributed by atoms with Gasteiger partial charge < -0.3 is 24.4 Å². The lowest BCUT2D eigenvalue weighted by Gasteiger charge is -2.40. The van der Waals surface area contributed by atoms with Crippen LogP contribution in [0.25, 0.3) is 0 Å². The normalized spacial score (nSPS) is 29.0. The van der Waals surface area contributed by atoms with E-state index in [2.05, 4.69) is 4.98 Å². The SMILES string of the molecule is CCC(CC)P(=O)(O)OC(C)(CC)C(C)C1OC(n2cc(C)c(=O)[nH]c2=O)C(O)C1O. The monoisotopic (exact) mass is 462 g/mol. The number of aryl methyl sites for hydroxylation is 1. The molecule has 0 bridgehead atoms. The molecular weight excluding hydrogens is 427 g/mol. The summed E-state index contributed by atoms with van der Waals surface area (Å²) in [6, 6.07) is 0. The minimum Gasteiger partial charge on any atom is -0.388 e. The van der Waals surface area contributed by atoms with E-state index >= 15 is 0 Å². The van der Waals surface area contributed by atoms with Crippen LogP contribution in [0.2, 0.25) is 0 Å². The van der Waals surface area contributed by atoms with E-state index in [1.807, 2.05) is 13.8 Å². The predicted molar refractivity (Wildman–Crippen MR) is 115 cm³/mol. The topological polar surface area (TPSA) is 151 Å². The Kier molecular flexibility index (Phi) is 8.11. The molecule has 31 heavy (non-hydrogen) atoms. The summed E-state index contributed by atoms with van der Waals surface area (Å²) < 4.78 is 25.6. The molecule has 10 nitrogen and oxygen atoms in total. The molecule has 0 spiro atoms. The molecule has 0 aliphatic carbocycles. The molecule has 1 aromatic heterocycles. The molecule has 11 heteroatoms. The van der Waals surface area contributed by atoms with Gasteiger partial charge in [0.2, 0.25) is 0 Å². The Morgan fingerprint density at radius 2 is 1.84 bits per heavy atom. The fourth-order valence-electron chi connectivity index (χ4n) is 4.04. The zero-order valence-electron chi connectivity index (χ0n) is 18.9. The van der Waals surface area contributed by atoms with Gasteiger partial charge in [-0.05, 0) is 33.1 Å². The van der Waals surface area contributed by atoms with E-state index in [0.717, 1.165) is 4.57 Å². The van der Waals surface area contributed by atoms with Gasteiger partial charge in [-0.3, -0.25) is 18.9 Å². The molecule has 7 atom stereocenters. The summed E-state index contributed by atoms with van der Waals surface area (Å²) in [5.41, 5.74) is -2.73. The van der Waals surface area contributed by atoms with E-state index in [4.69, 9.17) is 9.26 Å². The Bertz CT molecular complexity index is 926. The summed E-state index contributed by atoms with van der Waals surface area (Å²) in [6.45, 7) is 10.3. The number of rotatable bonds is 9. The van der Waals surface area contributed by atoms with Crippen LogP contribution >= 0.6 is 7.60 Å². The van der Waals surface area contributed by atoms with Gasteiger partial charge in [0.1, 0.15) is 12.2 Å². The van der Waals surface area contributed by atoms with E-state index in [1.54, 1.807) is 20.8 Å². The number of aliphatic hydroxyl groups excluding tert-OH is 2. The van der Waals surface area contributed by atoms with E-state index in [1.165, 1.54) is 13.1 Å². The van der Waals surface area contributed by atoms with Crippen molar-refractivity contribution in [1.29, 1.82) is 0 Å². The minimum absolute atomic E-state index is 0.245. The van der Waals surface area contributed by atoms with Crippen molar-refractivity contribution in [3.8, 4) is 0 Å². The molecule has 1 saturated heterocycles. The van der Waals surface area contributed by atoms with Gasteiger partial charge >= 0.3 is 13.3 Å². The second-order valence-electron chi connectivity index (χ2n) is 8.53. The van der Waals surface area contributed by atoms with Crippen LogP contribution < -0.4 is 11.2 Å². The fraction of sp³-hybridized carbons (Fsp3) is 0.800. The van der Waals surface area contributed by atoms with E-state index in [0.29, 0.717) is 19.3 Å². The number of aromatic nitrogens is 2. The maximum absolute atomic E-state index is 12.9. The summed E-state index contributed by atoms with van der Waals surface area (Å²) in [5.74, 6) is -0.610. The zero-order chi connectivity index (χ0) is 23.7. The van der Waals surface area contributed by atoms with Crippen molar-refractivity contribution in [3.05, 3.63) is 32.6 Å². The number of H-pyrrole nitrogens is 1. The lowest BCUT2D eigenvalue weighted by atomic mass is 9.82. The first-order valence-electron chi connectivity index (χ1n) is 10.7. The molecule has 0 aromatic carbocycles. The summed E-state index contributed by atoms with van der Waals surface area (Å²) in [6.07, 6.45) is -2.45. The second kappa shape index (κ2) is 9.68. The van der Waals surface area contributed by atoms with Gasteiger partial charge in [-0.1, -0.05) is 27.7 Å². The Labute approximate surface area is 181 Å². The number of ether oxygens (including phenoxy) is 1. The third kappa shape index (κ3) is 5.05. The highest BCUT2D eigenvalue weighted by molar-refractivity contribution is 7.53. The Balaban J connectivity index is 2.34. The van der Waals surface area contributed by atoms with Crippen LogP contribution in [0.1, 0.15) is 65.7 Å². The van der Waals surface area contributed by atoms with Crippen LogP contribution in [0.15, 0.2) is 15.8 Å². The van der Waals surface area contributed by atoms with Gasteiger partial charge in [-0.25, -0.2) is 4.79 Å². The molecule has 1 aromatic rings. The molecule has 2 heterocycles. The van der Waals surface area contributed by atoms with Gasteiger partial charge in [0.25, 0.3) is 5.56 Å². The van der Waals surface area contributed by atoms with Crippen molar-refractivity contribution in [2.24, 2.45) is 5.92 Å². The lowest BCUT2D eigenvalue weighted by molar-refractivity contribution is -0.104. The highest BCUT2D eigenvalue weighted by Gasteiger charge is 2.52. The van der Waals surface area contributed by atoms with Crippen molar-refractivity contribution in [2.75, 3.05) is 0 Å². The van der Waals surface area contributed by atoms with Crippen LogP contribution in [0.3, 0.4) is 0 Å². The van der Waals surface area contributed by atoms with Crippen LogP contribution in [0, 0.1) is 12.8 Å². The van der Waals surface area contributed by atoms with E-state index in [-0.39, 0.29) is 5.56 Å². The number of hydrogen-bond donors (Lipinski definition) is 4. The molecule has 1 fully saturated rings. The molecule has 1 aliphatic rings. The van der Waals surface area contributed by atoms with Gasteiger partial charge in [0.15, 0.2) is 6.23 Å². The van der Waals surface area contributed by atoms with Gasteiger partial charge in [0.05, 0.1) is 17.4 Å². The standard InChI is InChI=1S/C20H35N2O8P/c1-7-13(8-2)31(27,28)30-20(6,9-3)12(5)16-14(23)15(24)18(29-16)22-10-11(4)17(25)21-19(22)26/h10,12-16,18,23-24H,7-9H2,1-6H3,(H,27,28)(H,21,25,26). The van der Waals surface area contributed by atoms with Crippen LogP contribution in [0.5, 0.6) is 0 Å². The number of aromatic amines is 1. The molecule has 1 aliphatic heterocycles. The summed E-state index contributed by atoms with van der Waals surface area (Å²) in [5, 5.41) is 21.3. The average Bonchev–Trinajstić information content (AvgIpc) is 2.99. The maximum Gasteiger partial charge on any atom is 0.331 e. The van der Waals surface area contributed by atoms with Gasteiger partial charge in [-0.15, -0.1) is 0 Å². The van der Waals surface area contributed by atoms with Crippen molar-refractivity contribution in [3.63, 3.8) is 0 Å². The summed E-state index contributed by atoms with van der Waals surface area (Å²) in [4.78, 5) is 36.6. The molecule has 0 saturated carbocycles. The molecule has 0 radical (unpaired) electrons. The second-order valence-corrected chi connectivity index (χ2v) is 10.6. The van der Waals surface area contributed by atoms with Crippen molar-refractivity contribution >= 4 is 7.60 Å². The first-order chi connectivity index (χ1) is 14.3. The van der Waals surface area contributed by atoms with Crippen molar-refractivity contribution in [2.45, 2.75) is 96.6 Å². The maximum atomic E-state index is 12.9. The highest BCUT2D eigenvalue weighted by atomic mass is 31.2. The third-order valence-corrected chi connectivity index (χ3v) is 8.93. The Morgan fingerprint density at radius 3 is 2.35 bits per heavy atom. The smallest absolute Gasteiger partial charge is 0.331 e. The molecular formula is C20H35N2O8P. The predicted octanol–water partition coefficient (Wildman–Crippen LogP) is 1.66. The third-order valence-electron chi connectivity index (χ3n) is 6.60. The summed E-state index contributed by atoms with van der Waals surface area (Å²) in [7, 11) is -3.96. The number of nitrogens with zero attached hydrogens (tertiary/aromatic N) is 1. The van der Waals surface area contributed by atoms with E-state index in [9.17, 15) is 29.3 Å². The Morgan fingerprint density at radius 1 is 1.26 bits per heavy atom. The lowest BCUT2D eigenvalue weighted by Crippen LogP contribution is -2.46. The fourth-order valence-corrected chi connectivity index (χ4v) is 6.01. The highest BCUT2D eigenvalue weighted by Crippen LogP contribution is 2.56. The van der Waals surface area contributed by atoms with Gasteiger partial charge in [-0.2, -0.15) is 0 Å². The quantitative estimate of drug-likeness (QED) is 0.405. The zero-order valence-corrected chi connectivity index (χ0v) is 19.8. The van der Waals surface area contributed by atoms with Crippen molar-refractivity contribution < 1.29 is 28.9 Å². The molecule has 178 valence electrons.